The second-order valence-electron chi connectivity index (χ2n) is 6.24. The van der Waals surface area contributed by atoms with Gasteiger partial charge in [-0.2, -0.15) is 0 Å². The van der Waals surface area contributed by atoms with Crippen LogP contribution in [0.5, 0.6) is 0 Å². The average Bonchev–Trinajstić information content (AvgIpc) is 2.46. The fourth-order valence-electron chi connectivity index (χ4n) is 3.60. The molecule has 0 aromatic heterocycles. The highest BCUT2D eigenvalue weighted by Gasteiger charge is 2.39. The number of hydrogen-bond donors (Lipinski definition) is 0. The molecule has 1 nitrogen and oxygen atoms in total. The Hall–Kier alpha value is -1.25. The largest absolute Gasteiger partial charge is 0.299 e. The van der Waals surface area contributed by atoms with Crippen molar-refractivity contribution in [3.63, 3.8) is 0 Å². The molecule has 2 aliphatic rings. The molecule has 1 fully saturated rings. The first kappa shape index (κ1) is 13.7. The van der Waals surface area contributed by atoms with Crippen molar-refractivity contribution in [1.82, 2.24) is 0 Å². The fraction of sp³-hybridized carbons (Fsp3) is 0.588. The number of aryl methyl sites for hydroxylation is 1. The number of ketones is 1. The van der Waals surface area contributed by atoms with E-state index in [0.29, 0.717) is 12.8 Å². The van der Waals surface area contributed by atoms with Gasteiger partial charge in [-0.25, -0.2) is 8.78 Å². The molecule has 1 aromatic carbocycles. The summed E-state index contributed by atoms with van der Waals surface area (Å²) in [6.45, 7) is 0. The highest BCUT2D eigenvalue weighted by Crippen LogP contribution is 2.39. The van der Waals surface area contributed by atoms with E-state index < -0.39 is 5.92 Å². The summed E-state index contributed by atoms with van der Waals surface area (Å²) < 4.78 is 26.3. The Kier molecular flexibility index (Phi) is 3.61. The molecule has 1 atom stereocenters. The molecule has 0 bridgehead atoms. The van der Waals surface area contributed by atoms with E-state index in [4.69, 9.17) is 0 Å². The number of fused-ring (bicyclic) bond motifs is 1. The second kappa shape index (κ2) is 5.27. The fourth-order valence-corrected chi connectivity index (χ4v) is 3.60. The molecule has 1 aromatic rings. The minimum Gasteiger partial charge on any atom is -0.299 e. The van der Waals surface area contributed by atoms with E-state index in [-0.39, 0.29) is 30.5 Å². The summed E-state index contributed by atoms with van der Waals surface area (Å²) >= 11 is 0. The highest BCUT2D eigenvalue weighted by molar-refractivity contribution is 5.84. The van der Waals surface area contributed by atoms with E-state index in [1.807, 2.05) is 12.1 Å². The molecule has 20 heavy (non-hydrogen) atoms. The van der Waals surface area contributed by atoms with E-state index in [9.17, 15) is 13.6 Å². The first-order valence-corrected chi connectivity index (χ1v) is 7.53. The van der Waals surface area contributed by atoms with Crippen LogP contribution in [0.25, 0.3) is 0 Å². The van der Waals surface area contributed by atoms with Gasteiger partial charge in [0.1, 0.15) is 5.78 Å². The number of carbonyl (C=O) groups excluding carboxylic acids is 1. The van der Waals surface area contributed by atoms with Gasteiger partial charge in [-0.1, -0.05) is 24.3 Å². The number of Topliss-reactive ketones (excluding diaryl/α,β-unsaturated/α-hetero) is 1. The van der Waals surface area contributed by atoms with Gasteiger partial charge in [0.05, 0.1) is 0 Å². The van der Waals surface area contributed by atoms with Gasteiger partial charge in [-0.3, -0.25) is 4.79 Å². The molecular weight excluding hydrogens is 258 g/mol. The van der Waals surface area contributed by atoms with Crippen LogP contribution < -0.4 is 0 Å². The first-order valence-electron chi connectivity index (χ1n) is 7.53. The van der Waals surface area contributed by atoms with Crippen molar-refractivity contribution in [2.24, 2.45) is 11.8 Å². The highest BCUT2D eigenvalue weighted by atomic mass is 19.3. The summed E-state index contributed by atoms with van der Waals surface area (Å²) in [5, 5.41) is 0. The van der Waals surface area contributed by atoms with Crippen LogP contribution in [-0.2, 0) is 17.6 Å². The number of rotatable bonds is 2. The minimum absolute atomic E-state index is 0.0432. The third kappa shape index (κ3) is 2.77. The zero-order valence-electron chi connectivity index (χ0n) is 11.6. The molecule has 0 radical (unpaired) electrons. The lowest BCUT2D eigenvalue weighted by Crippen LogP contribution is -2.34. The van der Waals surface area contributed by atoms with E-state index in [2.05, 4.69) is 12.1 Å². The molecule has 0 amide bonds. The maximum Gasteiger partial charge on any atom is 0.248 e. The summed E-state index contributed by atoms with van der Waals surface area (Å²) in [7, 11) is 0. The summed E-state index contributed by atoms with van der Waals surface area (Å²) in [5.74, 6) is -2.41. The molecule has 0 saturated heterocycles. The van der Waals surface area contributed by atoms with Crippen molar-refractivity contribution in [1.29, 1.82) is 0 Å². The second-order valence-corrected chi connectivity index (χ2v) is 6.24. The quantitative estimate of drug-likeness (QED) is 0.793. The topological polar surface area (TPSA) is 17.1 Å². The molecule has 0 heterocycles. The smallest absolute Gasteiger partial charge is 0.248 e. The van der Waals surface area contributed by atoms with Gasteiger partial charge in [0.2, 0.25) is 5.92 Å². The van der Waals surface area contributed by atoms with Crippen molar-refractivity contribution in [3.8, 4) is 0 Å². The number of alkyl halides is 2. The monoisotopic (exact) mass is 278 g/mol. The Labute approximate surface area is 118 Å². The summed E-state index contributed by atoms with van der Waals surface area (Å²) in [6.07, 6.45) is 3.10. The summed E-state index contributed by atoms with van der Waals surface area (Å²) in [4.78, 5) is 12.5. The van der Waals surface area contributed by atoms with Crippen LogP contribution in [-0.4, -0.2) is 11.7 Å². The Morgan fingerprint density at radius 2 is 1.65 bits per heavy atom. The standard InChI is InChI=1S/C17H20F2O/c18-17(19)9-7-13(8-10-17)16(20)15-6-5-12-3-1-2-4-14(12)11-15/h1-4,13,15H,5-11H2. The summed E-state index contributed by atoms with van der Waals surface area (Å²) in [5.41, 5.74) is 2.60. The molecule has 0 aliphatic heterocycles. The van der Waals surface area contributed by atoms with Crippen LogP contribution in [0, 0.1) is 11.8 Å². The van der Waals surface area contributed by atoms with E-state index in [1.54, 1.807) is 0 Å². The molecule has 3 rings (SSSR count). The van der Waals surface area contributed by atoms with Gasteiger partial charge >= 0.3 is 0 Å². The zero-order chi connectivity index (χ0) is 14.2. The number of carbonyl (C=O) groups is 1. The van der Waals surface area contributed by atoms with Gasteiger partial charge < -0.3 is 0 Å². The lowest BCUT2D eigenvalue weighted by atomic mass is 9.74. The Bertz CT molecular complexity index is 499. The number of halogens is 2. The van der Waals surface area contributed by atoms with Gasteiger partial charge in [-0.05, 0) is 43.2 Å². The molecular formula is C17H20F2O. The molecule has 0 spiro atoms. The van der Waals surface area contributed by atoms with Crippen LogP contribution >= 0.6 is 0 Å². The van der Waals surface area contributed by atoms with Crippen LogP contribution in [0.2, 0.25) is 0 Å². The van der Waals surface area contributed by atoms with Gasteiger partial charge in [0, 0.05) is 24.7 Å². The maximum absolute atomic E-state index is 13.2. The minimum atomic E-state index is -2.55. The Morgan fingerprint density at radius 1 is 1.00 bits per heavy atom. The molecule has 1 unspecified atom stereocenters. The van der Waals surface area contributed by atoms with Gasteiger partial charge in [0.25, 0.3) is 0 Å². The van der Waals surface area contributed by atoms with Gasteiger partial charge in [0.15, 0.2) is 0 Å². The molecule has 2 aliphatic carbocycles. The van der Waals surface area contributed by atoms with Crippen molar-refractivity contribution >= 4 is 5.78 Å². The Morgan fingerprint density at radius 3 is 2.35 bits per heavy atom. The molecule has 1 saturated carbocycles. The van der Waals surface area contributed by atoms with Crippen molar-refractivity contribution in [2.45, 2.75) is 50.9 Å². The lowest BCUT2D eigenvalue weighted by Gasteiger charge is -2.31. The normalized spacial score (nSPS) is 26.0. The van der Waals surface area contributed by atoms with E-state index >= 15 is 0 Å². The lowest BCUT2D eigenvalue weighted by molar-refractivity contribution is -0.131. The van der Waals surface area contributed by atoms with Crippen LogP contribution in [0.4, 0.5) is 8.78 Å². The first-order chi connectivity index (χ1) is 9.55. The summed E-state index contributed by atoms with van der Waals surface area (Å²) in [6, 6.07) is 8.25. The zero-order valence-corrected chi connectivity index (χ0v) is 11.6. The number of benzene rings is 1. The van der Waals surface area contributed by atoms with Crippen LogP contribution in [0.1, 0.15) is 43.2 Å². The van der Waals surface area contributed by atoms with E-state index in [0.717, 1.165) is 19.3 Å². The van der Waals surface area contributed by atoms with Crippen LogP contribution in [0.3, 0.4) is 0 Å². The molecule has 0 N–H and O–H groups in total. The predicted octanol–water partition coefficient (Wildman–Crippen LogP) is 4.19. The third-order valence-corrected chi connectivity index (χ3v) is 4.87. The average molecular weight is 278 g/mol. The third-order valence-electron chi connectivity index (χ3n) is 4.87. The molecule has 3 heteroatoms. The Balaban J connectivity index is 1.65. The van der Waals surface area contributed by atoms with Gasteiger partial charge in [-0.15, -0.1) is 0 Å². The SMILES string of the molecule is O=C(C1CCC(F)(F)CC1)C1CCc2ccccc2C1. The van der Waals surface area contributed by atoms with Crippen LogP contribution in [0.15, 0.2) is 24.3 Å². The predicted molar refractivity (Wildman–Crippen MR) is 73.9 cm³/mol. The van der Waals surface area contributed by atoms with E-state index in [1.165, 1.54) is 11.1 Å². The van der Waals surface area contributed by atoms with Crippen molar-refractivity contribution in [2.75, 3.05) is 0 Å². The molecule has 108 valence electrons. The van der Waals surface area contributed by atoms with Crippen molar-refractivity contribution in [3.05, 3.63) is 35.4 Å². The maximum atomic E-state index is 13.2. The van der Waals surface area contributed by atoms with Crippen molar-refractivity contribution < 1.29 is 13.6 Å². The number of hydrogen-bond acceptors (Lipinski definition) is 1.